The van der Waals surface area contributed by atoms with E-state index < -0.39 is 6.61 Å². The van der Waals surface area contributed by atoms with Crippen LogP contribution in [0.2, 0.25) is 0 Å². The highest BCUT2D eigenvalue weighted by molar-refractivity contribution is 9.10. The molecule has 0 aliphatic rings. The van der Waals surface area contributed by atoms with E-state index in [1.165, 1.54) is 6.07 Å². The summed E-state index contributed by atoms with van der Waals surface area (Å²) in [6.07, 6.45) is 0.702. The van der Waals surface area contributed by atoms with Crippen molar-refractivity contribution < 1.29 is 13.5 Å². The second kappa shape index (κ2) is 5.42. The molecule has 2 nitrogen and oxygen atoms in total. The van der Waals surface area contributed by atoms with E-state index in [0.29, 0.717) is 10.9 Å². The molecule has 0 aromatic heterocycles. The lowest BCUT2D eigenvalue weighted by Gasteiger charge is -2.09. The molecule has 1 aromatic carbocycles. The van der Waals surface area contributed by atoms with Gasteiger partial charge >= 0.3 is 6.61 Å². The van der Waals surface area contributed by atoms with Crippen LogP contribution in [0.1, 0.15) is 12.5 Å². The van der Waals surface area contributed by atoms with Gasteiger partial charge in [-0.2, -0.15) is 8.78 Å². The van der Waals surface area contributed by atoms with E-state index in [9.17, 15) is 8.78 Å². The second-order valence-corrected chi connectivity index (χ2v) is 4.18. The van der Waals surface area contributed by atoms with Gasteiger partial charge in [-0.3, -0.25) is 0 Å². The van der Waals surface area contributed by atoms with Crippen LogP contribution < -0.4 is 10.5 Å². The van der Waals surface area contributed by atoms with Crippen molar-refractivity contribution in [2.24, 2.45) is 5.73 Å². The van der Waals surface area contributed by atoms with Crippen LogP contribution in [0.25, 0.3) is 0 Å². The van der Waals surface area contributed by atoms with E-state index >= 15 is 0 Å². The van der Waals surface area contributed by atoms with E-state index in [4.69, 9.17) is 5.73 Å². The molecule has 0 saturated carbocycles. The van der Waals surface area contributed by atoms with Gasteiger partial charge in [-0.15, -0.1) is 0 Å². The molecular weight excluding hydrogens is 268 g/mol. The van der Waals surface area contributed by atoms with Gasteiger partial charge in [0.15, 0.2) is 0 Å². The fourth-order valence-corrected chi connectivity index (χ4v) is 1.75. The lowest BCUT2D eigenvalue weighted by molar-refractivity contribution is -0.0503. The fraction of sp³-hybridized carbons (Fsp3) is 0.400. The molecule has 84 valence electrons. The summed E-state index contributed by atoms with van der Waals surface area (Å²) in [5, 5.41) is 0. The quantitative estimate of drug-likeness (QED) is 0.920. The predicted molar refractivity (Wildman–Crippen MR) is 58.1 cm³/mol. The Balaban J connectivity index is 2.78. The molecule has 0 aliphatic heterocycles. The maximum atomic E-state index is 11.9. The van der Waals surface area contributed by atoms with Gasteiger partial charge in [-0.05, 0) is 47.0 Å². The minimum absolute atomic E-state index is 0.0405. The zero-order valence-corrected chi connectivity index (χ0v) is 9.80. The largest absolute Gasteiger partial charge is 0.434 e. The van der Waals surface area contributed by atoms with Crippen LogP contribution >= 0.6 is 15.9 Å². The Kier molecular flexibility index (Phi) is 4.47. The molecule has 0 aliphatic carbocycles. The first kappa shape index (κ1) is 12.4. The highest BCUT2D eigenvalue weighted by atomic mass is 79.9. The smallest absolute Gasteiger partial charge is 0.387 e. The van der Waals surface area contributed by atoms with Crippen molar-refractivity contribution in [2.75, 3.05) is 0 Å². The molecular formula is C10H12BrF2NO. The summed E-state index contributed by atoms with van der Waals surface area (Å²) in [7, 11) is 0. The van der Waals surface area contributed by atoms with E-state index in [-0.39, 0.29) is 11.8 Å². The van der Waals surface area contributed by atoms with Crippen molar-refractivity contribution >= 4 is 15.9 Å². The average Bonchev–Trinajstić information content (AvgIpc) is 2.08. The van der Waals surface area contributed by atoms with Crippen molar-refractivity contribution in [1.29, 1.82) is 0 Å². The van der Waals surface area contributed by atoms with Crippen molar-refractivity contribution in [2.45, 2.75) is 26.0 Å². The topological polar surface area (TPSA) is 35.2 Å². The molecule has 5 heteroatoms. The monoisotopic (exact) mass is 279 g/mol. The Morgan fingerprint density at radius 1 is 1.47 bits per heavy atom. The maximum Gasteiger partial charge on any atom is 0.387 e. The first-order valence-corrected chi connectivity index (χ1v) is 5.27. The molecule has 0 saturated heterocycles. The van der Waals surface area contributed by atoms with Crippen LogP contribution in [-0.2, 0) is 6.42 Å². The van der Waals surface area contributed by atoms with E-state index in [0.717, 1.165) is 5.56 Å². The lowest BCUT2D eigenvalue weighted by atomic mass is 10.1. The lowest BCUT2D eigenvalue weighted by Crippen LogP contribution is -2.17. The summed E-state index contributed by atoms with van der Waals surface area (Å²) in [6, 6.07) is 5.01. The van der Waals surface area contributed by atoms with Gasteiger partial charge in [0, 0.05) is 6.04 Å². The molecule has 0 fully saturated rings. The van der Waals surface area contributed by atoms with Gasteiger partial charge in [-0.25, -0.2) is 0 Å². The maximum absolute atomic E-state index is 11.9. The number of nitrogens with two attached hydrogens (primary N) is 1. The van der Waals surface area contributed by atoms with Crippen LogP contribution in [0.4, 0.5) is 8.78 Å². The minimum atomic E-state index is -2.81. The first-order valence-electron chi connectivity index (χ1n) is 4.48. The first-order chi connectivity index (χ1) is 6.99. The van der Waals surface area contributed by atoms with E-state index in [2.05, 4.69) is 20.7 Å². The number of rotatable bonds is 4. The Morgan fingerprint density at radius 3 is 2.60 bits per heavy atom. The molecule has 0 heterocycles. The molecule has 0 bridgehead atoms. The zero-order chi connectivity index (χ0) is 11.4. The molecule has 1 rings (SSSR count). The third-order valence-corrected chi connectivity index (χ3v) is 2.39. The van der Waals surface area contributed by atoms with Gasteiger partial charge in [0.1, 0.15) is 5.75 Å². The van der Waals surface area contributed by atoms with Crippen LogP contribution in [0, 0.1) is 0 Å². The number of benzene rings is 1. The second-order valence-electron chi connectivity index (χ2n) is 3.32. The highest BCUT2D eigenvalue weighted by Gasteiger charge is 2.09. The number of alkyl halides is 2. The molecule has 1 atom stereocenters. The van der Waals surface area contributed by atoms with Crippen LogP contribution in [0.5, 0.6) is 5.75 Å². The Hall–Kier alpha value is -0.680. The Labute approximate surface area is 95.5 Å². The third kappa shape index (κ3) is 4.13. The summed E-state index contributed by atoms with van der Waals surface area (Å²) in [5.74, 6) is 0.137. The molecule has 0 amide bonds. The molecule has 0 radical (unpaired) electrons. The molecule has 15 heavy (non-hydrogen) atoms. The summed E-state index contributed by atoms with van der Waals surface area (Å²) >= 11 is 3.17. The van der Waals surface area contributed by atoms with Gasteiger partial charge in [0.05, 0.1) is 4.47 Å². The fourth-order valence-electron chi connectivity index (χ4n) is 1.23. The van der Waals surface area contributed by atoms with Crippen LogP contribution in [-0.4, -0.2) is 12.7 Å². The zero-order valence-electron chi connectivity index (χ0n) is 8.21. The molecule has 0 spiro atoms. The van der Waals surface area contributed by atoms with Crippen LogP contribution in [0.15, 0.2) is 22.7 Å². The van der Waals surface area contributed by atoms with Crippen molar-refractivity contribution in [3.8, 4) is 5.75 Å². The predicted octanol–water partition coefficient (Wildman–Crippen LogP) is 2.94. The normalized spacial score (nSPS) is 12.9. The third-order valence-electron chi connectivity index (χ3n) is 1.77. The number of hydrogen-bond donors (Lipinski definition) is 1. The standard InChI is InChI=1S/C10H12BrF2NO/c1-6(14)4-7-2-3-9(8(11)5-7)15-10(12)13/h2-3,5-6,10H,4,14H2,1H3. The minimum Gasteiger partial charge on any atom is -0.434 e. The molecule has 2 N–H and O–H groups in total. The van der Waals surface area contributed by atoms with Crippen molar-refractivity contribution in [3.05, 3.63) is 28.2 Å². The van der Waals surface area contributed by atoms with E-state index in [1.54, 1.807) is 12.1 Å². The van der Waals surface area contributed by atoms with Crippen molar-refractivity contribution in [3.63, 3.8) is 0 Å². The SMILES string of the molecule is CC(N)Cc1ccc(OC(F)F)c(Br)c1. The Bertz CT molecular complexity index is 331. The number of ether oxygens (including phenoxy) is 1. The molecule has 1 unspecified atom stereocenters. The summed E-state index contributed by atoms with van der Waals surface area (Å²) in [6.45, 7) is -0.919. The van der Waals surface area contributed by atoms with Crippen LogP contribution in [0.3, 0.4) is 0 Å². The summed E-state index contributed by atoms with van der Waals surface area (Å²) < 4.78 is 28.7. The Morgan fingerprint density at radius 2 is 2.13 bits per heavy atom. The van der Waals surface area contributed by atoms with Gasteiger partial charge in [-0.1, -0.05) is 6.07 Å². The summed E-state index contributed by atoms with van der Waals surface area (Å²) in [5.41, 5.74) is 6.61. The summed E-state index contributed by atoms with van der Waals surface area (Å²) in [4.78, 5) is 0. The van der Waals surface area contributed by atoms with Gasteiger partial charge in [0.2, 0.25) is 0 Å². The number of halogens is 3. The van der Waals surface area contributed by atoms with Gasteiger partial charge < -0.3 is 10.5 Å². The number of hydrogen-bond acceptors (Lipinski definition) is 2. The highest BCUT2D eigenvalue weighted by Crippen LogP contribution is 2.27. The molecule has 1 aromatic rings. The average molecular weight is 280 g/mol. The van der Waals surface area contributed by atoms with Crippen molar-refractivity contribution in [1.82, 2.24) is 0 Å². The van der Waals surface area contributed by atoms with Gasteiger partial charge in [0.25, 0.3) is 0 Å². The van der Waals surface area contributed by atoms with E-state index in [1.807, 2.05) is 6.92 Å².